The second-order valence-corrected chi connectivity index (χ2v) is 4.03. The van der Waals surface area contributed by atoms with Crippen LogP contribution in [0.5, 0.6) is 0 Å². The first-order chi connectivity index (χ1) is 8.65. The van der Waals surface area contributed by atoms with Crippen molar-refractivity contribution < 1.29 is 9.90 Å². The summed E-state index contributed by atoms with van der Waals surface area (Å²) in [5, 5.41) is 12.8. The summed E-state index contributed by atoms with van der Waals surface area (Å²) in [5.74, 6) is 0.341. The number of aliphatic hydroxyl groups is 1. The molecule has 0 unspecified atom stereocenters. The molecule has 0 atom stereocenters. The minimum Gasteiger partial charge on any atom is -0.396 e. The van der Waals surface area contributed by atoms with Gasteiger partial charge in [-0.3, -0.25) is 4.79 Å². The van der Waals surface area contributed by atoms with Gasteiger partial charge in [-0.1, -0.05) is 0 Å². The molecule has 7 nitrogen and oxygen atoms in total. The number of nitrogens with zero attached hydrogens (tertiary/aromatic N) is 5. The zero-order chi connectivity index (χ0) is 13.1. The molecule has 1 N–H and O–H groups in total. The van der Waals surface area contributed by atoms with E-state index in [0.717, 1.165) is 0 Å². The molecule has 2 heterocycles. The van der Waals surface area contributed by atoms with E-state index in [2.05, 4.69) is 15.1 Å². The van der Waals surface area contributed by atoms with Crippen LogP contribution in [0.3, 0.4) is 0 Å². The summed E-state index contributed by atoms with van der Waals surface area (Å²) in [6.45, 7) is 2.37. The van der Waals surface area contributed by atoms with Crippen LogP contribution in [0.2, 0.25) is 0 Å². The van der Waals surface area contributed by atoms with Crippen molar-refractivity contribution in [1.82, 2.24) is 24.5 Å². The van der Waals surface area contributed by atoms with Gasteiger partial charge >= 0.3 is 0 Å². The second-order valence-electron chi connectivity index (χ2n) is 4.03. The molecule has 0 saturated heterocycles. The molecule has 96 valence electrons. The summed E-state index contributed by atoms with van der Waals surface area (Å²) in [7, 11) is 1.70. The molecule has 0 aromatic carbocycles. The third kappa shape index (κ3) is 2.17. The van der Waals surface area contributed by atoms with Crippen molar-refractivity contribution in [3.8, 4) is 0 Å². The number of aliphatic hydroxyl groups excluding tert-OH is 1. The molecule has 2 aromatic rings. The quantitative estimate of drug-likeness (QED) is 0.817. The van der Waals surface area contributed by atoms with Crippen molar-refractivity contribution in [2.24, 2.45) is 0 Å². The van der Waals surface area contributed by atoms with E-state index < -0.39 is 0 Å². The SMILES string of the molecule is Cc1c(C(=O)N(C)CCCO)cnc2ncnn12. The Morgan fingerprint density at radius 1 is 1.50 bits per heavy atom. The monoisotopic (exact) mass is 249 g/mol. The van der Waals surface area contributed by atoms with Gasteiger partial charge in [-0.05, 0) is 13.3 Å². The molecule has 0 aliphatic carbocycles. The first kappa shape index (κ1) is 12.4. The number of fused-ring (bicyclic) bond motifs is 1. The number of carbonyl (C=O) groups is 1. The molecule has 2 rings (SSSR count). The first-order valence-electron chi connectivity index (χ1n) is 5.67. The van der Waals surface area contributed by atoms with Gasteiger partial charge < -0.3 is 10.0 Å². The Morgan fingerprint density at radius 3 is 3.00 bits per heavy atom. The third-order valence-electron chi connectivity index (χ3n) is 2.78. The van der Waals surface area contributed by atoms with Crippen molar-refractivity contribution in [3.05, 3.63) is 23.8 Å². The topological polar surface area (TPSA) is 83.6 Å². The number of rotatable bonds is 4. The van der Waals surface area contributed by atoms with Crippen molar-refractivity contribution in [2.45, 2.75) is 13.3 Å². The van der Waals surface area contributed by atoms with Crippen LogP contribution in [0.1, 0.15) is 22.5 Å². The number of aromatic nitrogens is 4. The highest BCUT2D eigenvalue weighted by molar-refractivity contribution is 5.94. The van der Waals surface area contributed by atoms with Crippen LogP contribution in [0.15, 0.2) is 12.5 Å². The molecule has 0 aliphatic rings. The number of carbonyl (C=O) groups excluding carboxylic acids is 1. The van der Waals surface area contributed by atoms with Gasteiger partial charge in [0.2, 0.25) is 0 Å². The van der Waals surface area contributed by atoms with Gasteiger partial charge in [-0.15, -0.1) is 0 Å². The standard InChI is InChI=1S/C11H15N5O2/c1-8-9(10(18)15(2)4-3-5-17)6-12-11-13-7-14-16(8)11/h6-7,17H,3-5H2,1-2H3. The van der Waals surface area contributed by atoms with Crippen LogP contribution in [-0.2, 0) is 0 Å². The Kier molecular flexibility index (Phi) is 3.52. The molecule has 0 spiro atoms. The summed E-state index contributed by atoms with van der Waals surface area (Å²) in [6, 6.07) is 0. The maximum absolute atomic E-state index is 12.2. The molecular formula is C11H15N5O2. The van der Waals surface area contributed by atoms with Crippen LogP contribution in [-0.4, -0.2) is 55.7 Å². The lowest BCUT2D eigenvalue weighted by atomic mass is 10.2. The van der Waals surface area contributed by atoms with E-state index in [-0.39, 0.29) is 12.5 Å². The van der Waals surface area contributed by atoms with Crippen LogP contribution in [0, 0.1) is 6.92 Å². The Morgan fingerprint density at radius 2 is 2.28 bits per heavy atom. The Bertz CT molecular complexity index is 566. The fourth-order valence-corrected chi connectivity index (χ4v) is 1.71. The Labute approximate surface area is 104 Å². The van der Waals surface area contributed by atoms with Gasteiger partial charge in [0.1, 0.15) is 6.33 Å². The fourth-order valence-electron chi connectivity index (χ4n) is 1.71. The molecule has 0 saturated carbocycles. The van der Waals surface area contributed by atoms with E-state index in [0.29, 0.717) is 30.0 Å². The van der Waals surface area contributed by atoms with Crippen LogP contribution in [0.4, 0.5) is 0 Å². The normalized spacial score (nSPS) is 10.8. The number of hydrogen-bond donors (Lipinski definition) is 1. The maximum Gasteiger partial charge on any atom is 0.257 e. The molecule has 1 amide bonds. The molecule has 0 aliphatic heterocycles. The lowest BCUT2D eigenvalue weighted by Crippen LogP contribution is -2.29. The molecule has 2 aromatic heterocycles. The van der Waals surface area contributed by atoms with Crippen LogP contribution in [0.25, 0.3) is 5.78 Å². The minimum atomic E-state index is -0.133. The summed E-state index contributed by atoms with van der Waals surface area (Å²) in [4.78, 5) is 21.8. The summed E-state index contributed by atoms with van der Waals surface area (Å²) >= 11 is 0. The Hall–Kier alpha value is -2.02. The number of aryl methyl sites for hydroxylation is 1. The van der Waals surface area contributed by atoms with E-state index in [4.69, 9.17) is 5.11 Å². The minimum absolute atomic E-state index is 0.0664. The second kappa shape index (κ2) is 5.09. The van der Waals surface area contributed by atoms with Gasteiger partial charge in [0.05, 0.1) is 11.3 Å². The molecule has 0 fully saturated rings. The largest absolute Gasteiger partial charge is 0.396 e. The summed E-state index contributed by atoms with van der Waals surface area (Å²) in [5.41, 5.74) is 1.20. The van der Waals surface area contributed by atoms with E-state index in [1.807, 2.05) is 0 Å². The highest BCUT2D eigenvalue weighted by Crippen LogP contribution is 2.10. The number of hydrogen-bond acceptors (Lipinski definition) is 5. The highest BCUT2D eigenvalue weighted by atomic mass is 16.3. The predicted octanol–water partition coefficient (Wildman–Crippen LogP) is -0.113. The van der Waals surface area contributed by atoms with Gasteiger partial charge in [-0.25, -0.2) is 9.50 Å². The smallest absolute Gasteiger partial charge is 0.257 e. The zero-order valence-corrected chi connectivity index (χ0v) is 10.4. The lowest BCUT2D eigenvalue weighted by molar-refractivity contribution is 0.0784. The average Bonchev–Trinajstić information content (AvgIpc) is 2.84. The van der Waals surface area contributed by atoms with Gasteiger partial charge in [-0.2, -0.15) is 10.1 Å². The maximum atomic E-state index is 12.2. The van der Waals surface area contributed by atoms with E-state index >= 15 is 0 Å². The highest BCUT2D eigenvalue weighted by Gasteiger charge is 2.16. The predicted molar refractivity (Wildman–Crippen MR) is 64.2 cm³/mol. The van der Waals surface area contributed by atoms with Crippen molar-refractivity contribution in [3.63, 3.8) is 0 Å². The van der Waals surface area contributed by atoms with Crippen molar-refractivity contribution in [2.75, 3.05) is 20.2 Å². The molecule has 7 heteroatoms. The fraction of sp³-hybridized carbons (Fsp3) is 0.455. The van der Waals surface area contributed by atoms with Crippen molar-refractivity contribution in [1.29, 1.82) is 0 Å². The van der Waals surface area contributed by atoms with Crippen molar-refractivity contribution >= 4 is 11.7 Å². The van der Waals surface area contributed by atoms with Gasteiger partial charge in [0, 0.05) is 26.4 Å². The number of amides is 1. The third-order valence-corrected chi connectivity index (χ3v) is 2.78. The Balaban J connectivity index is 2.29. The van der Waals surface area contributed by atoms with Crippen LogP contribution < -0.4 is 0 Å². The summed E-state index contributed by atoms with van der Waals surface area (Å²) in [6.07, 6.45) is 3.47. The van der Waals surface area contributed by atoms with E-state index in [1.165, 1.54) is 17.0 Å². The van der Waals surface area contributed by atoms with E-state index in [9.17, 15) is 4.79 Å². The summed E-state index contributed by atoms with van der Waals surface area (Å²) < 4.78 is 1.53. The van der Waals surface area contributed by atoms with Gasteiger partial charge in [0.15, 0.2) is 0 Å². The van der Waals surface area contributed by atoms with Crippen LogP contribution >= 0.6 is 0 Å². The molecule has 18 heavy (non-hydrogen) atoms. The zero-order valence-electron chi connectivity index (χ0n) is 10.4. The lowest BCUT2D eigenvalue weighted by Gasteiger charge is -2.17. The molecular weight excluding hydrogens is 234 g/mol. The molecule has 0 bridgehead atoms. The van der Waals surface area contributed by atoms with Gasteiger partial charge in [0.25, 0.3) is 11.7 Å². The molecule has 0 radical (unpaired) electrons. The first-order valence-corrected chi connectivity index (χ1v) is 5.67. The van der Waals surface area contributed by atoms with E-state index in [1.54, 1.807) is 18.9 Å². The average molecular weight is 249 g/mol.